The van der Waals surface area contributed by atoms with Crippen molar-refractivity contribution in [1.82, 2.24) is 9.80 Å². The van der Waals surface area contributed by atoms with Crippen LogP contribution in [0.2, 0.25) is 0 Å². The Balaban J connectivity index is 1.62. The fourth-order valence-electron chi connectivity index (χ4n) is 3.23. The SMILES string of the molecule is COC1C(O)C(COCOP(C)(C)(O)O)OC1N1CN=C2C1=NCN(C)C2N. The van der Waals surface area contributed by atoms with Gasteiger partial charge in [0.05, 0.1) is 0 Å². The first-order valence-corrected chi connectivity index (χ1v) is 11.9. The van der Waals surface area contributed by atoms with Crippen LogP contribution in [0.25, 0.3) is 0 Å². The van der Waals surface area contributed by atoms with E-state index < -0.39 is 31.8 Å². The predicted molar refractivity (Wildman–Crippen MR) is 103 cm³/mol. The molecule has 3 aliphatic heterocycles. The van der Waals surface area contributed by atoms with Gasteiger partial charge in [0.1, 0.15) is 0 Å². The van der Waals surface area contributed by atoms with Crippen LogP contribution in [0.1, 0.15) is 0 Å². The van der Waals surface area contributed by atoms with Crippen LogP contribution in [0.3, 0.4) is 0 Å². The van der Waals surface area contributed by atoms with Crippen molar-refractivity contribution in [2.24, 2.45) is 15.7 Å². The van der Waals surface area contributed by atoms with E-state index in [1.54, 1.807) is 0 Å². The van der Waals surface area contributed by atoms with Crippen molar-refractivity contribution in [3.63, 3.8) is 0 Å². The van der Waals surface area contributed by atoms with Crippen molar-refractivity contribution in [2.75, 3.05) is 54.2 Å². The van der Waals surface area contributed by atoms with E-state index in [0.29, 0.717) is 24.9 Å². The van der Waals surface area contributed by atoms with Crippen LogP contribution >= 0.6 is 7.28 Å². The van der Waals surface area contributed by atoms with Crippen LogP contribution < -0.4 is 5.73 Å². The summed E-state index contributed by atoms with van der Waals surface area (Å²) in [4.78, 5) is 32.0. The molecule has 3 rings (SSSR count). The van der Waals surface area contributed by atoms with E-state index in [0.717, 1.165) is 0 Å². The molecule has 1 saturated heterocycles. The minimum atomic E-state index is -4.11. The number of ether oxygens (including phenoxy) is 3. The number of methoxy groups -OCH3 is 1. The van der Waals surface area contributed by atoms with Gasteiger partial charge in [0.15, 0.2) is 0 Å². The molecule has 3 heterocycles. The van der Waals surface area contributed by atoms with Crippen LogP contribution in [0.15, 0.2) is 9.98 Å². The molecule has 0 radical (unpaired) electrons. The summed E-state index contributed by atoms with van der Waals surface area (Å²) >= 11 is 0. The Morgan fingerprint density at radius 1 is 1.29 bits per heavy atom. The van der Waals surface area contributed by atoms with Crippen LogP contribution in [0, 0.1) is 0 Å². The van der Waals surface area contributed by atoms with E-state index >= 15 is 0 Å². The first kappa shape index (κ1) is 21.9. The van der Waals surface area contributed by atoms with Gasteiger partial charge in [0, 0.05) is 0 Å². The molecular formula is C15H30N5O7P. The maximum atomic E-state index is 10.6. The van der Waals surface area contributed by atoms with E-state index in [4.69, 9.17) is 24.5 Å². The number of rotatable bonds is 7. The Kier molecular flexibility index (Phi) is 6.10. The van der Waals surface area contributed by atoms with Gasteiger partial charge in [-0.15, -0.1) is 0 Å². The monoisotopic (exact) mass is 423 g/mol. The second-order valence-corrected chi connectivity index (χ2v) is 11.7. The topological polar surface area (TPSA) is 155 Å². The van der Waals surface area contributed by atoms with Gasteiger partial charge in [-0.3, -0.25) is 0 Å². The van der Waals surface area contributed by atoms with Gasteiger partial charge in [-0.05, 0) is 7.05 Å². The standard InChI is InChI=1S/C15H30N5O7P/c1-19-6-18-14-10(13(19)16)17-7-20(14)15-12(24-2)11(21)9(27-15)5-25-8-26-28(3,4,22)23/h9,11-13,15,21-23H,5-8,16H2,1-4H3. The number of nitrogens with two attached hydrogens (primary N) is 1. The summed E-state index contributed by atoms with van der Waals surface area (Å²) in [6.07, 6.45) is -3.26. The molecule has 0 aromatic carbocycles. The van der Waals surface area contributed by atoms with Crippen LogP contribution in [0.4, 0.5) is 0 Å². The molecule has 0 saturated carbocycles. The second kappa shape index (κ2) is 7.80. The van der Waals surface area contributed by atoms with Gasteiger partial charge in [0.25, 0.3) is 0 Å². The summed E-state index contributed by atoms with van der Waals surface area (Å²) in [5.74, 6) is 0.643. The van der Waals surface area contributed by atoms with Gasteiger partial charge in [0.2, 0.25) is 0 Å². The number of fused-ring (bicyclic) bond motifs is 1. The number of aliphatic hydroxyl groups is 1. The Morgan fingerprint density at radius 3 is 2.64 bits per heavy atom. The molecule has 5 unspecified atom stereocenters. The number of amidine groups is 1. The Labute approximate surface area is 163 Å². The zero-order valence-electron chi connectivity index (χ0n) is 16.5. The molecule has 1 fully saturated rings. The molecule has 0 bridgehead atoms. The summed E-state index contributed by atoms with van der Waals surface area (Å²) < 4.78 is 21.7. The summed E-state index contributed by atoms with van der Waals surface area (Å²) in [5, 5.41) is 10.6. The average molecular weight is 423 g/mol. The number of hydrogen-bond donors (Lipinski definition) is 4. The normalized spacial score (nSPS) is 35.4. The van der Waals surface area contributed by atoms with Crippen LogP contribution in [0.5, 0.6) is 0 Å². The average Bonchev–Trinajstić information content (AvgIpc) is 3.15. The third-order valence-corrected chi connectivity index (χ3v) is 5.63. The van der Waals surface area contributed by atoms with Gasteiger partial charge in [-0.2, -0.15) is 0 Å². The predicted octanol–water partition coefficient (Wildman–Crippen LogP) is -2.08. The molecule has 28 heavy (non-hydrogen) atoms. The fourth-order valence-corrected chi connectivity index (χ4v) is 3.61. The minimum absolute atomic E-state index is 0.0136. The summed E-state index contributed by atoms with van der Waals surface area (Å²) in [7, 11) is -0.748. The molecule has 162 valence electrons. The van der Waals surface area contributed by atoms with Crippen molar-refractivity contribution in [3.8, 4) is 0 Å². The summed E-state index contributed by atoms with van der Waals surface area (Å²) in [6, 6.07) is 0. The zero-order valence-corrected chi connectivity index (χ0v) is 17.4. The molecule has 0 aromatic heterocycles. The molecule has 3 aliphatic rings. The number of aliphatic imine (C=N–C) groups is 2. The third-order valence-electron chi connectivity index (χ3n) is 4.78. The molecule has 13 heteroatoms. The van der Waals surface area contributed by atoms with Crippen LogP contribution in [-0.2, 0) is 18.7 Å². The van der Waals surface area contributed by atoms with E-state index in [-0.39, 0.29) is 19.6 Å². The van der Waals surface area contributed by atoms with Gasteiger partial charge < -0.3 is 0 Å². The molecule has 0 amide bonds. The van der Waals surface area contributed by atoms with Crippen molar-refractivity contribution >= 4 is 18.8 Å². The zero-order chi connectivity index (χ0) is 20.7. The third kappa shape index (κ3) is 4.68. The molecule has 12 nitrogen and oxygen atoms in total. The van der Waals surface area contributed by atoms with Gasteiger partial charge >= 0.3 is 156 Å². The molecule has 0 aromatic rings. The fraction of sp³-hybridized carbons (Fsp3) is 0.867. The Hall–Kier alpha value is -0.790. The van der Waals surface area contributed by atoms with E-state index in [1.807, 2.05) is 16.8 Å². The Bertz CT molecular complexity index is 645. The van der Waals surface area contributed by atoms with Crippen LogP contribution in [-0.4, -0.2) is 121 Å². The molecule has 5 N–H and O–H groups in total. The number of aliphatic hydroxyl groups excluding tert-OH is 1. The second-order valence-electron chi connectivity index (χ2n) is 7.72. The first-order valence-electron chi connectivity index (χ1n) is 8.90. The van der Waals surface area contributed by atoms with Crippen molar-refractivity contribution in [2.45, 2.75) is 30.7 Å². The quantitative estimate of drug-likeness (QED) is 0.204. The molecule has 0 aliphatic carbocycles. The van der Waals surface area contributed by atoms with E-state index in [2.05, 4.69) is 9.98 Å². The molecule has 5 atom stereocenters. The van der Waals surface area contributed by atoms with Crippen molar-refractivity contribution in [1.29, 1.82) is 0 Å². The summed E-state index contributed by atoms with van der Waals surface area (Å²) in [6.45, 7) is 2.82. The number of nitrogens with zero attached hydrogens (tertiary/aromatic N) is 4. The number of hydrogen-bond acceptors (Lipinski definition) is 12. The van der Waals surface area contributed by atoms with Crippen molar-refractivity contribution < 1.29 is 33.6 Å². The maximum absolute atomic E-state index is 10.6. The van der Waals surface area contributed by atoms with Gasteiger partial charge in [-0.1, -0.05) is 0 Å². The summed E-state index contributed by atoms with van der Waals surface area (Å²) in [5.41, 5.74) is 6.85. The van der Waals surface area contributed by atoms with E-state index in [1.165, 1.54) is 20.4 Å². The first-order chi connectivity index (χ1) is 13.0. The van der Waals surface area contributed by atoms with Crippen molar-refractivity contribution in [3.05, 3.63) is 0 Å². The van der Waals surface area contributed by atoms with Gasteiger partial charge in [-0.25, -0.2) is 0 Å². The van der Waals surface area contributed by atoms with E-state index in [9.17, 15) is 14.9 Å². The molecular weight excluding hydrogens is 393 g/mol. The Morgan fingerprint density at radius 2 is 2.00 bits per heavy atom. The molecule has 0 spiro atoms.